The van der Waals surface area contributed by atoms with Gasteiger partial charge in [-0.25, -0.2) is 13.4 Å². The van der Waals surface area contributed by atoms with Crippen molar-refractivity contribution < 1.29 is 13.2 Å². The molecule has 2 heterocycles. The van der Waals surface area contributed by atoms with Gasteiger partial charge in [-0.3, -0.25) is 4.79 Å². The van der Waals surface area contributed by atoms with Crippen LogP contribution < -0.4 is 4.90 Å². The second kappa shape index (κ2) is 9.89. The van der Waals surface area contributed by atoms with Gasteiger partial charge in [-0.1, -0.05) is 25.3 Å². The predicted molar refractivity (Wildman–Crippen MR) is 128 cm³/mol. The molecule has 0 N–H and O–H groups in total. The molecule has 7 nitrogen and oxygen atoms in total. The highest BCUT2D eigenvalue weighted by Crippen LogP contribution is 2.27. The zero-order chi connectivity index (χ0) is 22.7. The first-order valence-electron chi connectivity index (χ1n) is 11.4. The lowest BCUT2D eigenvalue weighted by atomic mass is 9.96. The number of hydrogen-bond acceptors (Lipinski definition) is 6. The number of aromatic nitrogens is 1. The number of aryl methyl sites for hydroxylation is 1. The molecule has 2 aliphatic rings. The van der Waals surface area contributed by atoms with Crippen molar-refractivity contribution >= 4 is 32.4 Å². The Bertz CT molecular complexity index is 1050. The minimum atomic E-state index is -3.63. The van der Waals surface area contributed by atoms with Crippen molar-refractivity contribution in [2.24, 2.45) is 0 Å². The van der Waals surface area contributed by atoms with Crippen LogP contribution in [0, 0.1) is 6.92 Å². The molecular weight excluding hydrogens is 444 g/mol. The van der Waals surface area contributed by atoms with Crippen LogP contribution in [0.2, 0.25) is 0 Å². The lowest BCUT2D eigenvalue weighted by Gasteiger charge is -2.30. The van der Waals surface area contributed by atoms with Gasteiger partial charge < -0.3 is 9.80 Å². The first-order valence-corrected chi connectivity index (χ1v) is 13.7. The number of rotatable bonds is 5. The molecule has 1 saturated carbocycles. The number of anilines is 1. The van der Waals surface area contributed by atoms with Gasteiger partial charge in [-0.15, -0.1) is 11.3 Å². The van der Waals surface area contributed by atoms with E-state index in [0.717, 1.165) is 56.0 Å². The third-order valence-electron chi connectivity index (χ3n) is 6.51. The van der Waals surface area contributed by atoms with Gasteiger partial charge in [0.2, 0.25) is 10.0 Å². The summed E-state index contributed by atoms with van der Waals surface area (Å²) < 4.78 is 28.0. The number of thiazole rings is 1. The third kappa shape index (κ3) is 5.00. The Morgan fingerprint density at radius 2 is 1.88 bits per heavy atom. The highest BCUT2D eigenvalue weighted by atomic mass is 32.2. The van der Waals surface area contributed by atoms with E-state index in [1.165, 1.54) is 10.7 Å². The van der Waals surface area contributed by atoms with Crippen molar-refractivity contribution in [1.29, 1.82) is 0 Å². The lowest BCUT2D eigenvalue weighted by molar-refractivity contribution is 0.0766. The molecule has 9 heteroatoms. The summed E-state index contributed by atoms with van der Waals surface area (Å²) in [6.45, 7) is 4.81. The minimum absolute atomic E-state index is 0.0409. The highest BCUT2D eigenvalue weighted by molar-refractivity contribution is 7.89. The highest BCUT2D eigenvalue weighted by Gasteiger charge is 2.30. The van der Waals surface area contributed by atoms with Gasteiger partial charge in [0.25, 0.3) is 5.91 Å². The minimum Gasteiger partial charge on any atom is -0.346 e. The molecule has 0 spiro atoms. The number of benzene rings is 1. The quantitative estimate of drug-likeness (QED) is 0.657. The van der Waals surface area contributed by atoms with Crippen molar-refractivity contribution in [1.82, 2.24) is 14.2 Å². The summed E-state index contributed by atoms with van der Waals surface area (Å²) in [4.78, 5) is 22.1. The summed E-state index contributed by atoms with van der Waals surface area (Å²) in [5, 5.41) is 3.04. The number of sulfonamides is 1. The molecule has 1 aromatic heterocycles. The Morgan fingerprint density at radius 3 is 2.59 bits per heavy atom. The van der Waals surface area contributed by atoms with Crippen LogP contribution in [-0.4, -0.2) is 67.8 Å². The van der Waals surface area contributed by atoms with Gasteiger partial charge >= 0.3 is 0 Å². The summed E-state index contributed by atoms with van der Waals surface area (Å²) in [5.41, 5.74) is 1.44. The van der Waals surface area contributed by atoms with Crippen molar-refractivity contribution in [3.63, 3.8) is 0 Å². The van der Waals surface area contributed by atoms with E-state index < -0.39 is 10.0 Å². The largest absolute Gasteiger partial charge is 0.346 e. The molecule has 1 aromatic carbocycles. The lowest BCUT2D eigenvalue weighted by Crippen LogP contribution is -2.38. The van der Waals surface area contributed by atoms with Gasteiger partial charge in [0.05, 0.1) is 10.6 Å². The maximum atomic E-state index is 13.2. The monoisotopic (exact) mass is 476 g/mol. The average Bonchev–Trinajstić information content (AvgIpc) is 3.10. The van der Waals surface area contributed by atoms with Gasteiger partial charge in [-0.2, -0.15) is 4.31 Å². The molecule has 2 aromatic rings. The van der Waals surface area contributed by atoms with E-state index in [2.05, 4.69) is 9.88 Å². The molecule has 174 valence electrons. The van der Waals surface area contributed by atoms with Gasteiger partial charge in [-0.05, 0) is 44.4 Å². The normalized spacial score (nSPS) is 18.7. The smallest absolute Gasteiger partial charge is 0.253 e. The average molecular weight is 477 g/mol. The van der Waals surface area contributed by atoms with E-state index in [4.69, 9.17) is 0 Å². The Balaban J connectivity index is 1.47. The predicted octanol–water partition coefficient (Wildman–Crippen LogP) is 3.76. The van der Waals surface area contributed by atoms with E-state index in [1.54, 1.807) is 42.6 Å². The summed E-state index contributed by atoms with van der Waals surface area (Å²) in [5.74, 6) is -0.112. The molecule has 0 radical (unpaired) electrons. The number of carbonyl (C=O) groups is 1. The van der Waals surface area contributed by atoms with Crippen LogP contribution in [0.4, 0.5) is 5.13 Å². The third-order valence-corrected chi connectivity index (χ3v) is 9.43. The molecule has 1 amide bonds. The Hall–Kier alpha value is -1.97. The van der Waals surface area contributed by atoms with Crippen LogP contribution in [-0.2, 0) is 10.0 Å². The van der Waals surface area contributed by atoms with Crippen LogP contribution in [0.1, 0.15) is 54.6 Å². The van der Waals surface area contributed by atoms with Crippen molar-refractivity contribution in [2.75, 3.05) is 38.1 Å². The van der Waals surface area contributed by atoms with Gasteiger partial charge in [0.1, 0.15) is 0 Å². The van der Waals surface area contributed by atoms with Crippen LogP contribution in [0.25, 0.3) is 0 Å². The van der Waals surface area contributed by atoms with Crippen molar-refractivity contribution in [3.8, 4) is 0 Å². The fourth-order valence-corrected chi connectivity index (χ4v) is 6.90. The van der Waals surface area contributed by atoms with E-state index in [9.17, 15) is 13.2 Å². The zero-order valence-corrected chi connectivity index (χ0v) is 20.5. The summed E-state index contributed by atoms with van der Waals surface area (Å²) in [6.07, 6.45) is 5.95. The van der Waals surface area contributed by atoms with Crippen LogP contribution in [0.3, 0.4) is 0 Å². The first kappa shape index (κ1) is 23.2. The Morgan fingerprint density at radius 1 is 1.09 bits per heavy atom. The maximum absolute atomic E-state index is 13.2. The van der Waals surface area contributed by atoms with Crippen molar-refractivity contribution in [2.45, 2.75) is 56.4 Å². The van der Waals surface area contributed by atoms with E-state index in [-0.39, 0.29) is 16.8 Å². The summed E-state index contributed by atoms with van der Waals surface area (Å²) >= 11 is 1.63. The molecule has 32 heavy (non-hydrogen) atoms. The zero-order valence-electron chi connectivity index (χ0n) is 18.9. The molecule has 0 unspecified atom stereocenters. The molecule has 0 atom stereocenters. The number of carbonyl (C=O) groups excluding carboxylic acids is 1. The number of amides is 1. The molecular formula is C23H32N4O3S2. The van der Waals surface area contributed by atoms with E-state index in [1.807, 2.05) is 17.2 Å². The van der Waals surface area contributed by atoms with Crippen LogP contribution in [0.5, 0.6) is 0 Å². The maximum Gasteiger partial charge on any atom is 0.253 e. The fourth-order valence-electron chi connectivity index (χ4n) is 4.58. The van der Waals surface area contributed by atoms with Crippen molar-refractivity contribution in [3.05, 3.63) is 40.9 Å². The number of nitrogens with zero attached hydrogens (tertiary/aromatic N) is 4. The summed E-state index contributed by atoms with van der Waals surface area (Å²) in [6, 6.07) is 6.58. The molecule has 1 saturated heterocycles. The second-order valence-corrected chi connectivity index (χ2v) is 11.6. The van der Waals surface area contributed by atoms with E-state index in [0.29, 0.717) is 18.7 Å². The summed E-state index contributed by atoms with van der Waals surface area (Å²) in [7, 11) is -1.96. The molecule has 2 fully saturated rings. The van der Waals surface area contributed by atoms with Crippen LogP contribution >= 0.6 is 11.3 Å². The first-order chi connectivity index (χ1) is 15.4. The molecule has 1 aliphatic heterocycles. The molecule has 1 aliphatic carbocycles. The van der Waals surface area contributed by atoms with Crippen LogP contribution in [0.15, 0.2) is 34.5 Å². The van der Waals surface area contributed by atoms with E-state index >= 15 is 0 Å². The fraction of sp³-hybridized carbons (Fsp3) is 0.565. The second-order valence-electron chi connectivity index (χ2n) is 8.75. The molecule has 0 bridgehead atoms. The van der Waals surface area contributed by atoms with Gasteiger partial charge in [0.15, 0.2) is 5.13 Å². The SMILES string of the molecule is Cc1csc(N2CCCN(C(=O)c3cccc(S(=O)(=O)N(C)C4CCCCC4)c3)CC2)n1. The standard InChI is InChI=1S/C23H32N4O3S2/c1-18-17-31-23(24-18)27-13-7-12-26(14-15-27)22(28)19-8-6-11-21(16-19)32(29,30)25(2)20-9-4-3-5-10-20/h6,8,11,16-17,20H,3-5,7,9-10,12-15H2,1-2H3. The Labute approximate surface area is 195 Å². The van der Waals surface area contributed by atoms with Gasteiger partial charge in [0, 0.05) is 50.2 Å². The number of hydrogen-bond donors (Lipinski definition) is 0. The topological polar surface area (TPSA) is 73.8 Å². The Kier molecular flexibility index (Phi) is 7.17. The molecule has 4 rings (SSSR count).